The van der Waals surface area contributed by atoms with Crippen LogP contribution in [-0.4, -0.2) is 47.6 Å². The first-order valence-electron chi connectivity index (χ1n) is 7.28. The van der Waals surface area contributed by atoms with Gasteiger partial charge in [0.1, 0.15) is 0 Å². The third-order valence-electron chi connectivity index (χ3n) is 3.07. The van der Waals surface area contributed by atoms with Crippen LogP contribution in [0.25, 0.3) is 0 Å². The van der Waals surface area contributed by atoms with E-state index in [4.69, 9.17) is 0 Å². The van der Waals surface area contributed by atoms with Crippen LogP contribution in [0.15, 0.2) is 12.4 Å². The fourth-order valence-electron chi connectivity index (χ4n) is 1.78. The number of nitrogens with one attached hydrogen (secondary N) is 2. The topological polar surface area (TPSA) is 53.1 Å². The third kappa shape index (κ3) is 6.50. The molecule has 1 aromatic rings. The summed E-state index contributed by atoms with van der Waals surface area (Å²) in [6.07, 6.45) is 4.85. The van der Waals surface area contributed by atoms with Crippen molar-refractivity contribution in [1.29, 1.82) is 0 Å². The Morgan fingerprint density at radius 3 is 2.32 bits per heavy atom. The summed E-state index contributed by atoms with van der Waals surface area (Å²) < 4.78 is 0. The van der Waals surface area contributed by atoms with Crippen molar-refractivity contribution in [2.45, 2.75) is 33.7 Å². The maximum absolute atomic E-state index is 4.29. The summed E-state index contributed by atoms with van der Waals surface area (Å²) in [5.41, 5.74) is 1.13. The van der Waals surface area contributed by atoms with Gasteiger partial charge < -0.3 is 15.5 Å². The van der Waals surface area contributed by atoms with Gasteiger partial charge in [0.25, 0.3) is 0 Å². The lowest BCUT2D eigenvalue weighted by molar-refractivity contribution is 0.302. The molecule has 5 nitrogen and oxygen atoms in total. The van der Waals surface area contributed by atoms with Crippen molar-refractivity contribution in [1.82, 2.24) is 20.2 Å². The first-order valence-corrected chi connectivity index (χ1v) is 7.28. The van der Waals surface area contributed by atoms with Crippen LogP contribution in [0.2, 0.25) is 0 Å². The Kier molecular flexibility index (Phi) is 8.09. The van der Waals surface area contributed by atoms with Gasteiger partial charge in [0.2, 0.25) is 5.95 Å². The molecule has 0 saturated heterocycles. The fraction of sp³-hybridized carbons (Fsp3) is 0.714. The minimum absolute atomic E-state index is 0.716. The van der Waals surface area contributed by atoms with Gasteiger partial charge in [-0.05, 0) is 19.5 Å². The van der Waals surface area contributed by atoms with Crippen molar-refractivity contribution in [2.75, 3.05) is 38.0 Å². The Morgan fingerprint density at radius 2 is 1.74 bits per heavy atom. The molecule has 0 atom stereocenters. The Labute approximate surface area is 116 Å². The lowest BCUT2D eigenvalue weighted by Crippen LogP contribution is -2.31. The van der Waals surface area contributed by atoms with E-state index >= 15 is 0 Å². The molecule has 0 fully saturated rings. The van der Waals surface area contributed by atoms with Crippen LogP contribution >= 0.6 is 0 Å². The van der Waals surface area contributed by atoms with E-state index < -0.39 is 0 Å². The van der Waals surface area contributed by atoms with E-state index in [2.05, 4.69) is 46.3 Å². The van der Waals surface area contributed by atoms with E-state index in [1.54, 1.807) is 0 Å². The quantitative estimate of drug-likeness (QED) is 0.631. The SMILES string of the molecule is CCCNc1ncc(CNCCN(CC)CC)cn1. The average molecular weight is 265 g/mol. The summed E-state index contributed by atoms with van der Waals surface area (Å²) in [7, 11) is 0. The van der Waals surface area contributed by atoms with Crippen molar-refractivity contribution in [3.05, 3.63) is 18.0 Å². The van der Waals surface area contributed by atoms with Gasteiger partial charge in [0, 0.05) is 44.1 Å². The second kappa shape index (κ2) is 9.69. The number of anilines is 1. The van der Waals surface area contributed by atoms with Crippen LogP contribution in [0.3, 0.4) is 0 Å². The standard InChI is InChI=1S/C14H27N5/c1-4-7-16-14-17-11-13(12-18-14)10-15-8-9-19(5-2)6-3/h11-12,15H,4-10H2,1-3H3,(H,16,17,18). The Bertz CT molecular complexity index is 321. The highest BCUT2D eigenvalue weighted by atomic mass is 15.1. The van der Waals surface area contributed by atoms with Gasteiger partial charge in [0.15, 0.2) is 0 Å². The van der Waals surface area contributed by atoms with Gasteiger partial charge in [-0.3, -0.25) is 0 Å². The third-order valence-corrected chi connectivity index (χ3v) is 3.07. The monoisotopic (exact) mass is 265 g/mol. The molecular formula is C14H27N5. The molecule has 1 heterocycles. The molecule has 108 valence electrons. The molecule has 0 aliphatic heterocycles. The van der Waals surface area contributed by atoms with E-state index in [0.29, 0.717) is 5.95 Å². The molecule has 0 saturated carbocycles. The predicted octanol–water partition coefficient (Wildman–Crippen LogP) is 1.73. The van der Waals surface area contributed by atoms with Crippen molar-refractivity contribution in [3.8, 4) is 0 Å². The molecule has 0 spiro atoms. The van der Waals surface area contributed by atoms with Crippen LogP contribution in [0.5, 0.6) is 0 Å². The first-order chi connectivity index (χ1) is 9.30. The minimum Gasteiger partial charge on any atom is -0.354 e. The molecule has 1 rings (SSSR count). The molecule has 0 aliphatic carbocycles. The second-order valence-corrected chi connectivity index (χ2v) is 4.55. The number of nitrogens with zero attached hydrogens (tertiary/aromatic N) is 3. The van der Waals surface area contributed by atoms with Crippen LogP contribution < -0.4 is 10.6 Å². The molecule has 0 aromatic carbocycles. The van der Waals surface area contributed by atoms with E-state index in [9.17, 15) is 0 Å². The number of rotatable bonds is 10. The van der Waals surface area contributed by atoms with Crippen LogP contribution in [0.4, 0.5) is 5.95 Å². The maximum atomic E-state index is 4.29. The average Bonchev–Trinajstić information content (AvgIpc) is 2.46. The number of hydrogen-bond acceptors (Lipinski definition) is 5. The zero-order chi connectivity index (χ0) is 13.9. The van der Waals surface area contributed by atoms with Crippen molar-refractivity contribution >= 4 is 5.95 Å². The summed E-state index contributed by atoms with van der Waals surface area (Å²) >= 11 is 0. The van der Waals surface area contributed by atoms with Crippen molar-refractivity contribution in [2.24, 2.45) is 0 Å². The summed E-state index contributed by atoms with van der Waals surface area (Å²) in [5, 5.41) is 6.59. The zero-order valence-electron chi connectivity index (χ0n) is 12.4. The second-order valence-electron chi connectivity index (χ2n) is 4.55. The van der Waals surface area contributed by atoms with Crippen LogP contribution in [-0.2, 0) is 6.54 Å². The van der Waals surface area contributed by atoms with E-state index in [0.717, 1.165) is 51.3 Å². The van der Waals surface area contributed by atoms with Crippen LogP contribution in [0.1, 0.15) is 32.8 Å². The molecule has 0 radical (unpaired) electrons. The first kappa shape index (κ1) is 15.9. The largest absolute Gasteiger partial charge is 0.354 e. The fourth-order valence-corrected chi connectivity index (χ4v) is 1.78. The summed E-state index contributed by atoms with van der Waals surface area (Å²) in [4.78, 5) is 11.0. The molecule has 2 N–H and O–H groups in total. The summed E-state index contributed by atoms with van der Waals surface area (Å²) in [6, 6.07) is 0. The Hall–Kier alpha value is -1.20. The molecule has 5 heteroatoms. The lowest BCUT2D eigenvalue weighted by atomic mass is 10.3. The van der Waals surface area contributed by atoms with E-state index in [1.807, 2.05) is 12.4 Å². The van der Waals surface area contributed by atoms with Gasteiger partial charge in [0.05, 0.1) is 0 Å². The maximum Gasteiger partial charge on any atom is 0.222 e. The van der Waals surface area contributed by atoms with Crippen LogP contribution in [0, 0.1) is 0 Å². The normalized spacial score (nSPS) is 10.9. The highest BCUT2D eigenvalue weighted by molar-refractivity contribution is 5.24. The minimum atomic E-state index is 0.716. The molecule has 0 amide bonds. The van der Waals surface area contributed by atoms with Crippen molar-refractivity contribution < 1.29 is 0 Å². The highest BCUT2D eigenvalue weighted by Crippen LogP contribution is 2.00. The van der Waals surface area contributed by atoms with Gasteiger partial charge >= 0.3 is 0 Å². The van der Waals surface area contributed by atoms with Gasteiger partial charge in [-0.25, -0.2) is 9.97 Å². The smallest absolute Gasteiger partial charge is 0.222 e. The summed E-state index contributed by atoms with van der Waals surface area (Å²) in [6.45, 7) is 12.6. The molecular weight excluding hydrogens is 238 g/mol. The molecule has 0 unspecified atom stereocenters. The lowest BCUT2D eigenvalue weighted by Gasteiger charge is -2.17. The number of hydrogen-bond donors (Lipinski definition) is 2. The highest BCUT2D eigenvalue weighted by Gasteiger charge is 1.99. The molecule has 0 aliphatic rings. The number of likely N-dealkylation sites (N-methyl/N-ethyl adjacent to an activating group) is 1. The Morgan fingerprint density at radius 1 is 1.05 bits per heavy atom. The molecule has 19 heavy (non-hydrogen) atoms. The van der Waals surface area contributed by atoms with Gasteiger partial charge in [-0.15, -0.1) is 0 Å². The Balaban J connectivity index is 2.22. The van der Waals surface area contributed by atoms with Gasteiger partial charge in [-0.1, -0.05) is 20.8 Å². The summed E-state index contributed by atoms with van der Waals surface area (Å²) in [5.74, 6) is 0.716. The van der Waals surface area contributed by atoms with E-state index in [1.165, 1.54) is 0 Å². The predicted molar refractivity (Wildman–Crippen MR) is 80.3 cm³/mol. The molecule has 0 bridgehead atoms. The number of aromatic nitrogens is 2. The molecule has 1 aromatic heterocycles. The van der Waals surface area contributed by atoms with Gasteiger partial charge in [-0.2, -0.15) is 0 Å². The zero-order valence-corrected chi connectivity index (χ0v) is 12.4. The van der Waals surface area contributed by atoms with E-state index in [-0.39, 0.29) is 0 Å². The van der Waals surface area contributed by atoms with Crippen molar-refractivity contribution in [3.63, 3.8) is 0 Å².